The van der Waals surface area contributed by atoms with Crippen LogP contribution in [0.2, 0.25) is 0 Å². The van der Waals surface area contributed by atoms with Gasteiger partial charge >= 0.3 is 0 Å². The van der Waals surface area contributed by atoms with Gasteiger partial charge in [0.1, 0.15) is 0 Å². The predicted molar refractivity (Wildman–Crippen MR) is 76.1 cm³/mol. The van der Waals surface area contributed by atoms with Crippen LogP contribution in [0.4, 0.5) is 0 Å². The number of amides is 1. The lowest BCUT2D eigenvalue weighted by Gasteiger charge is -2.15. The van der Waals surface area contributed by atoms with Crippen molar-refractivity contribution in [1.82, 2.24) is 9.47 Å². The molecule has 0 aliphatic carbocycles. The number of hydrogen-bond acceptors (Lipinski definition) is 2. The van der Waals surface area contributed by atoms with E-state index in [2.05, 4.69) is 9.47 Å². The number of fused-ring (bicyclic) bond motifs is 1. The fourth-order valence-corrected chi connectivity index (χ4v) is 2.88. The van der Waals surface area contributed by atoms with Gasteiger partial charge in [0.25, 0.3) is 5.91 Å². The topological polar surface area (TPSA) is 51.3 Å². The van der Waals surface area contributed by atoms with E-state index in [1.807, 2.05) is 30.5 Å². The van der Waals surface area contributed by atoms with E-state index in [4.69, 9.17) is 5.73 Å². The van der Waals surface area contributed by atoms with E-state index in [0.29, 0.717) is 5.56 Å². The molecule has 19 heavy (non-hydrogen) atoms. The third-order valence-electron chi connectivity index (χ3n) is 3.91. The van der Waals surface area contributed by atoms with Gasteiger partial charge in [-0.05, 0) is 32.0 Å². The Kier molecular flexibility index (Phi) is 3.25. The number of nitrogens with zero attached hydrogens (tertiary/aromatic N) is 2. The standard InChI is InChI=1S/C15H19N3O/c16-15(19)13-11-18(10-9-17-7-3-4-8-17)14-6-2-1-5-12(13)14/h1-2,5-6,11H,3-4,7-10H2,(H2,16,19). The molecule has 0 spiro atoms. The van der Waals surface area contributed by atoms with E-state index in [9.17, 15) is 4.79 Å². The molecular weight excluding hydrogens is 238 g/mol. The Bertz CT molecular complexity index is 596. The fraction of sp³-hybridized carbons (Fsp3) is 0.400. The molecule has 0 radical (unpaired) electrons. The maximum absolute atomic E-state index is 11.5. The molecule has 4 nitrogen and oxygen atoms in total. The first-order chi connectivity index (χ1) is 9.25. The van der Waals surface area contributed by atoms with Crippen LogP contribution in [0.3, 0.4) is 0 Å². The number of benzene rings is 1. The minimum atomic E-state index is -0.351. The van der Waals surface area contributed by atoms with Gasteiger partial charge in [0.15, 0.2) is 0 Å². The summed E-state index contributed by atoms with van der Waals surface area (Å²) in [5, 5.41) is 0.955. The van der Waals surface area contributed by atoms with Gasteiger partial charge in [-0.15, -0.1) is 0 Å². The van der Waals surface area contributed by atoms with Crippen LogP contribution in [0, 0.1) is 0 Å². The maximum Gasteiger partial charge on any atom is 0.250 e. The number of hydrogen-bond donors (Lipinski definition) is 1. The van der Waals surface area contributed by atoms with Crippen molar-refractivity contribution in [3.05, 3.63) is 36.0 Å². The van der Waals surface area contributed by atoms with Crippen LogP contribution in [0.1, 0.15) is 23.2 Å². The quantitative estimate of drug-likeness (QED) is 0.908. The number of nitrogens with two attached hydrogens (primary N) is 1. The summed E-state index contributed by atoms with van der Waals surface area (Å²) in [6.07, 6.45) is 4.50. The van der Waals surface area contributed by atoms with E-state index < -0.39 is 0 Å². The first-order valence-electron chi connectivity index (χ1n) is 6.86. The molecule has 0 bridgehead atoms. The van der Waals surface area contributed by atoms with Crippen molar-refractivity contribution in [1.29, 1.82) is 0 Å². The molecule has 0 saturated carbocycles. The second-order valence-electron chi connectivity index (χ2n) is 5.17. The SMILES string of the molecule is NC(=O)c1cn(CCN2CCCC2)c2ccccc12. The third kappa shape index (κ3) is 2.36. The molecule has 1 aromatic carbocycles. The summed E-state index contributed by atoms with van der Waals surface area (Å²) in [5.74, 6) is -0.351. The van der Waals surface area contributed by atoms with Crippen molar-refractivity contribution in [2.75, 3.05) is 19.6 Å². The van der Waals surface area contributed by atoms with E-state index in [0.717, 1.165) is 24.0 Å². The Labute approximate surface area is 112 Å². The van der Waals surface area contributed by atoms with Crippen molar-refractivity contribution >= 4 is 16.8 Å². The zero-order chi connectivity index (χ0) is 13.2. The van der Waals surface area contributed by atoms with Gasteiger partial charge in [0.05, 0.1) is 5.56 Å². The molecule has 3 rings (SSSR count). The molecule has 1 saturated heterocycles. The lowest BCUT2D eigenvalue weighted by atomic mass is 10.2. The Morgan fingerprint density at radius 3 is 2.63 bits per heavy atom. The second-order valence-corrected chi connectivity index (χ2v) is 5.17. The Balaban J connectivity index is 1.87. The van der Waals surface area contributed by atoms with Gasteiger partial charge in [-0.25, -0.2) is 0 Å². The minimum absolute atomic E-state index is 0.351. The van der Waals surface area contributed by atoms with Gasteiger partial charge in [-0.3, -0.25) is 4.79 Å². The molecule has 4 heteroatoms. The minimum Gasteiger partial charge on any atom is -0.366 e. The molecular formula is C15H19N3O. The number of likely N-dealkylation sites (tertiary alicyclic amines) is 1. The highest BCUT2D eigenvalue weighted by Crippen LogP contribution is 2.21. The lowest BCUT2D eigenvalue weighted by Crippen LogP contribution is -2.23. The number of carbonyl (C=O) groups is 1. The highest BCUT2D eigenvalue weighted by molar-refractivity contribution is 6.06. The second kappa shape index (κ2) is 5.05. The maximum atomic E-state index is 11.5. The Hall–Kier alpha value is -1.81. The molecule has 2 N–H and O–H groups in total. The number of para-hydroxylation sites is 1. The first kappa shape index (κ1) is 12.2. The highest BCUT2D eigenvalue weighted by Gasteiger charge is 2.14. The van der Waals surface area contributed by atoms with Crippen LogP contribution in [0.5, 0.6) is 0 Å². The first-order valence-corrected chi connectivity index (χ1v) is 6.86. The van der Waals surface area contributed by atoms with Crippen molar-refractivity contribution in [3.63, 3.8) is 0 Å². The summed E-state index contributed by atoms with van der Waals surface area (Å²) >= 11 is 0. The summed E-state index contributed by atoms with van der Waals surface area (Å²) in [4.78, 5) is 14.0. The van der Waals surface area contributed by atoms with Crippen LogP contribution in [-0.2, 0) is 6.54 Å². The molecule has 0 atom stereocenters. The molecule has 2 aromatic rings. The van der Waals surface area contributed by atoms with Crippen molar-refractivity contribution in [3.8, 4) is 0 Å². The largest absolute Gasteiger partial charge is 0.366 e. The summed E-state index contributed by atoms with van der Waals surface area (Å²) in [6, 6.07) is 7.95. The summed E-state index contributed by atoms with van der Waals surface area (Å²) in [7, 11) is 0. The van der Waals surface area contributed by atoms with Gasteiger partial charge < -0.3 is 15.2 Å². The number of rotatable bonds is 4. The molecule has 0 unspecified atom stereocenters. The summed E-state index contributed by atoms with van der Waals surface area (Å²) in [6.45, 7) is 4.34. The molecule has 1 fully saturated rings. The Morgan fingerprint density at radius 2 is 1.89 bits per heavy atom. The lowest BCUT2D eigenvalue weighted by molar-refractivity contribution is 0.100. The van der Waals surface area contributed by atoms with Gasteiger partial charge in [0, 0.05) is 30.2 Å². The zero-order valence-corrected chi connectivity index (χ0v) is 11.0. The van der Waals surface area contributed by atoms with Crippen LogP contribution in [0.25, 0.3) is 10.9 Å². The van der Waals surface area contributed by atoms with Crippen LogP contribution >= 0.6 is 0 Å². The molecule has 100 valence electrons. The van der Waals surface area contributed by atoms with Crippen molar-refractivity contribution < 1.29 is 4.79 Å². The van der Waals surface area contributed by atoms with Crippen LogP contribution in [0.15, 0.2) is 30.5 Å². The monoisotopic (exact) mass is 257 g/mol. The van der Waals surface area contributed by atoms with Crippen molar-refractivity contribution in [2.24, 2.45) is 5.73 Å². The van der Waals surface area contributed by atoms with Gasteiger partial charge in [-0.1, -0.05) is 18.2 Å². The molecule has 1 aliphatic heterocycles. The smallest absolute Gasteiger partial charge is 0.250 e. The number of primary amides is 1. The number of carbonyl (C=O) groups excluding carboxylic acids is 1. The van der Waals surface area contributed by atoms with E-state index in [-0.39, 0.29) is 5.91 Å². The molecule has 1 aromatic heterocycles. The third-order valence-corrected chi connectivity index (χ3v) is 3.91. The number of aromatic nitrogens is 1. The summed E-state index contributed by atoms with van der Waals surface area (Å²) < 4.78 is 2.15. The molecule has 1 amide bonds. The molecule has 2 heterocycles. The Morgan fingerprint density at radius 1 is 1.16 bits per heavy atom. The summed E-state index contributed by atoms with van der Waals surface area (Å²) in [5.41, 5.74) is 7.16. The fourth-order valence-electron chi connectivity index (χ4n) is 2.88. The zero-order valence-electron chi connectivity index (χ0n) is 11.0. The normalized spacial score (nSPS) is 16.2. The van der Waals surface area contributed by atoms with Crippen LogP contribution < -0.4 is 5.73 Å². The van der Waals surface area contributed by atoms with Gasteiger partial charge in [0.2, 0.25) is 0 Å². The molecule has 1 aliphatic rings. The predicted octanol–water partition coefficient (Wildman–Crippen LogP) is 1.84. The van der Waals surface area contributed by atoms with E-state index in [1.54, 1.807) is 0 Å². The van der Waals surface area contributed by atoms with E-state index >= 15 is 0 Å². The van der Waals surface area contributed by atoms with Gasteiger partial charge in [-0.2, -0.15) is 0 Å². The van der Waals surface area contributed by atoms with Crippen LogP contribution in [-0.4, -0.2) is 35.0 Å². The van der Waals surface area contributed by atoms with Crippen molar-refractivity contribution in [2.45, 2.75) is 19.4 Å². The van der Waals surface area contributed by atoms with E-state index in [1.165, 1.54) is 25.9 Å². The average molecular weight is 257 g/mol. The average Bonchev–Trinajstić information content (AvgIpc) is 3.04. The highest BCUT2D eigenvalue weighted by atomic mass is 16.1.